The van der Waals surface area contributed by atoms with Gasteiger partial charge in [-0.3, -0.25) is 4.79 Å². The summed E-state index contributed by atoms with van der Waals surface area (Å²) in [5.41, 5.74) is 0. The maximum atomic E-state index is 11.9. The van der Waals surface area contributed by atoms with Gasteiger partial charge in [0.25, 0.3) is 0 Å². The number of hydrogen-bond acceptors (Lipinski definition) is 7. The van der Waals surface area contributed by atoms with Gasteiger partial charge >= 0.3 is 8.60 Å². The summed E-state index contributed by atoms with van der Waals surface area (Å²) >= 11 is 1.49. The molecule has 0 aromatic heterocycles. The number of hydrogen-bond donors (Lipinski definition) is 1. The lowest BCUT2D eigenvalue weighted by Gasteiger charge is -2.17. The van der Waals surface area contributed by atoms with Crippen molar-refractivity contribution >= 4 is 38.8 Å². The van der Waals surface area contributed by atoms with Crippen LogP contribution in [0.4, 0.5) is 0 Å². The molecule has 0 radical (unpaired) electrons. The first-order valence-electron chi connectivity index (χ1n) is 7.95. The van der Waals surface area contributed by atoms with Gasteiger partial charge in [0.1, 0.15) is 12.6 Å². The normalized spacial score (nSPS) is 13.3. The van der Waals surface area contributed by atoms with E-state index in [1.165, 1.54) is 23.8 Å². The van der Waals surface area contributed by atoms with Gasteiger partial charge < -0.3 is 28.4 Å². The van der Waals surface area contributed by atoms with E-state index in [1.807, 2.05) is 0 Å². The summed E-state index contributed by atoms with van der Waals surface area (Å²) in [5, 5.41) is -0.334. The Balaban J connectivity index is 3.70. The van der Waals surface area contributed by atoms with Crippen molar-refractivity contribution < 1.29 is 28.3 Å². The van der Waals surface area contributed by atoms with Crippen molar-refractivity contribution in [3.8, 4) is 0 Å². The SMILES string of the molecule is COP(O)OCCCCCCSC(C=O)CC(=O)N(C)CCC=O. The molecule has 0 aromatic carbocycles. The van der Waals surface area contributed by atoms with Crippen LogP contribution in [0.2, 0.25) is 0 Å². The summed E-state index contributed by atoms with van der Waals surface area (Å²) in [6.45, 7) is 0.863. The average Bonchev–Trinajstić information content (AvgIpc) is 2.59. The minimum Gasteiger partial charge on any atom is -0.345 e. The number of amides is 1. The lowest BCUT2D eigenvalue weighted by Crippen LogP contribution is -2.30. The highest BCUT2D eigenvalue weighted by molar-refractivity contribution is 8.00. The minimum absolute atomic E-state index is 0.114. The molecule has 7 nitrogen and oxygen atoms in total. The number of rotatable bonds is 16. The van der Waals surface area contributed by atoms with Crippen molar-refractivity contribution in [2.24, 2.45) is 0 Å². The molecule has 0 fully saturated rings. The molecule has 2 atom stereocenters. The highest BCUT2D eigenvalue weighted by Crippen LogP contribution is 2.31. The predicted octanol–water partition coefficient (Wildman–Crippen LogP) is 2.17. The summed E-state index contributed by atoms with van der Waals surface area (Å²) < 4.78 is 9.65. The van der Waals surface area contributed by atoms with E-state index in [-0.39, 0.29) is 17.6 Å². The molecule has 0 aliphatic carbocycles. The van der Waals surface area contributed by atoms with Crippen LogP contribution < -0.4 is 0 Å². The second-order valence-electron chi connectivity index (χ2n) is 5.19. The summed E-state index contributed by atoms with van der Waals surface area (Å²) in [7, 11) is 1.31. The molecule has 0 aromatic rings. The topological polar surface area (TPSA) is 93.1 Å². The molecule has 1 N–H and O–H groups in total. The van der Waals surface area contributed by atoms with Crippen molar-refractivity contribution in [2.45, 2.75) is 43.8 Å². The van der Waals surface area contributed by atoms with E-state index >= 15 is 0 Å². The molecule has 0 aliphatic rings. The fourth-order valence-corrected chi connectivity index (χ4v) is 3.24. The Morgan fingerprint density at radius 3 is 2.62 bits per heavy atom. The Hall–Kier alpha value is -0.530. The maximum Gasteiger partial charge on any atom is 0.329 e. The molecule has 0 aliphatic heterocycles. The highest BCUT2D eigenvalue weighted by atomic mass is 32.2. The molecule has 0 spiro atoms. The van der Waals surface area contributed by atoms with Crippen LogP contribution in [0.15, 0.2) is 0 Å². The monoisotopic (exact) mass is 381 g/mol. The fraction of sp³-hybridized carbons (Fsp3) is 0.800. The van der Waals surface area contributed by atoms with Gasteiger partial charge in [-0.25, -0.2) is 0 Å². The zero-order valence-electron chi connectivity index (χ0n) is 14.4. The standard InChI is InChI=1S/C15H28NO6PS/c1-16(8-7-9-17)15(19)12-14(13-18)24-11-6-4-3-5-10-22-23(20)21-2/h9,13-14,20H,3-8,10-12H2,1-2H3. The van der Waals surface area contributed by atoms with Crippen LogP contribution in [0, 0.1) is 0 Å². The maximum absolute atomic E-state index is 11.9. The summed E-state index contributed by atoms with van der Waals surface area (Å²) in [6, 6.07) is 0. The van der Waals surface area contributed by atoms with Crippen LogP contribution in [-0.4, -0.2) is 66.6 Å². The molecule has 0 saturated carbocycles. The first kappa shape index (κ1) is 23.5. The molecule has 9 heteroatoms. The molecule has 0 heterocycles. The molecular weight excluding hydrogens is 353 g/mol. The smallest absolute Gasteiger partial charge is 0.329 e. The van der Waals surface area contributed by atoms with Gasteiger partial charge in [0.2, 0.25) is 5.91 Å². The van der Waals surface area contributed by atoms with Gasteiger partial charge in [0.15, 0.2) is 0 Å². The van der Waals surface area contributed by atoms with E-state index in [2.05, 4.69) is 4.52 Å². The van der Waals surface area contributed by atoms with Crippen LogP contribution in [0.5, 0.6) is 0 Å². The van der Waals surface area contributed by atoms with Crippen molar-refractivity contribution in [3.05, 3.63) is 0 Å². The zero-order valence-corrected chi connectivity index (χ0v) is 16.1. The molecule has 0 bridgehead atoms. The summed E-state index contributed by atoms with van der Waals surface area (Å²) in [5.74, 6) is 0.706. The van der Waals surface area contributed by atoms with Crippen LogP contribution in [0.25, 0.3) is 0 Å². The van der Waals surface area contributed by atoms with E-state index in [4.69, 9.17) is 9.42 Å². The van der Waals surface area contributed by atoms with Crippen LogP contribution >= 0.6 is 20.4 Å². The van der Waals surface area contributed by atoms with Gasteiger partial charge in [-0.15, -0.1) is 0 Å². The minimum atomic E-state index is -1.73. The first-order chi connectivity index (χ1) is 11.5. The number of carbonyl (C=O) groups is 3. The fourth-order valence-electron chi connectivity index (χ4n) is 1.83. The lowest BCUT2D eigenvalue weighted by molar-refractivity contribution is -0.130. The molecular formula is C15H28NO6PS. The Kier molecular flexibility index (Phi) is 15.6. The van der Waals surface area contributed by atoms with E-state index in [0.29, 0.717) is 19.6 Å². The highest BCUT2D eigenvalue weighted by Gasteiger charge is 2.16. The third-order valence-corrected chi connectivity index (χ3v) is 5.21. The number of unbranched alkanes of at least 4 members (excludes halogenated alkanes) is 3. The zero-order chi connectivity index (χ0) is 18.2. The second-order valence-corrected chi connectivity index (χ2v) is 7.63. The van der Waals surface area contributed by atoms with Gasteiger partial charge in [0, 0.05) is 33.5 Å². The van der Waals surface area contributed by atoms with E-state index in [0.717, 1.165) is 44.0 Å². The number of carbonyl (C=O) groups excluding carboxylic acids is 3. The van der Waals surface area contributed by atoms with Gasteiger partial charge in [-0.05, 0) is 18.6 Å². The molecule has 24 heavy (non-hydrogen) atoms. The molecule has 0 saturated heterocycles. The summed E-state index contributed by atoms with van der Waals surface area (Å²) in [4.78, 5) is 43.8. The van der Waals surface area contributed by atoms with E-state index in [9.17, 15) is 14.4 Å². The molecule has 1 amide bonds. The Bertz CT molecular complexity index is 361. The summed E-state index contributed by atoms with van der Waals surface area (Å²) in [6.07, 6.45) is 5.88. The van der Waals surface area contributed by atoms with Gasteiger partial charge in [0.05, 0.1) is 11.9 Å². The number of nitrogens with zero attached hydrogens (tertiary/aromatic N) is 1. The second kappa shape index (κ2) is 16.0. The number of thioether (sulfide) groups is 1. The molecule has 0 rings (SSSR count). The predicted molar refractivity (Wildman–Crippen MR) is 95.8 cm³/mol. The quantitative estimate of drug-likeness (QED) is 0.249. The Morgan fingerprint density at radius 2 is 2.00 bits per heavy atom. The van der Waals surface area contributed by atoms with Crippen molar-refractivity contribution in [3.63, 3.8) is 0 Å². The first-order valence-corrected chi connectivity index (χ1v) is 10.1. The van der Waals surface area contributed by atoms with Crippen molar-refractivity contribution in [1.82, 2.24) is 4.90 Å². The molecule has 2 unspecified atom stereocenters. The van der Waals surface area contributed by atoms with Crippen LogP contribution in [0.1, 0.15) is 38.5 Å². The number of aldehydes is 2. The van der Waals surface area contributed by atoms with Crippen molar-refractivity contribution in [2.75, 3.05) is 33.1 Å². The Labute approximate surface area is 149 Å². The average molecular weight is 381 g/mol. The van der Waals surface area contributed by atoms with Crippen LogP contribution in [0.3, 0.4) is 0 Å². The third-order valence-electron chi connectivity index (χ3n) is 3.26. The van der Waals surface area contributed by atoms with Crippen LogP contribution in [-0.2, 0) is 23.4 Å². The van der Waals surface area contributed by atoms with Crippen molar-refractivity contribution in [1.29, 1.82) is 0 Å². The van der Waals surface area contributed by atoms with E-state index in [1.54, 1.807) is 7.05 Å². The molecule has 140 valence electrons. The largest absolute Gasteiger partial charge is 0.345 e. The lowest BCUT2D eigenvalue weighted by atomic mass is 10.2. The van der Waals surface area contributed by atoms with Gasteiger partial charge in [-0.2, -0.15) is 11.8 Å². The van der Waals surface area contributed by atoms with Gasteiger partial charge in [-0.1, -0.05) is 12.8 Å². The van der Waals surface area contributed by atoms with E-state index < -0.39 is 8.60 Å². The third kappa shape index (κ3) is 12.8. The Morgan fingerprint density at radius 1 is 1.29 bits per heavy atom.